The van der Waals surface area contributed by atoms with Gasteiger partial charge in [-0.2, -0.15) is 0 Å². The minimum atomic E-state index is -0.173. The van der Waals surface area contributed by atoms with Crippen LogP contribution in [-0.2, 0) is 9.53 Å². The van der Waals surface area contributed by atoms with E-state index in [1.165, 1.54) is 0 Å². The maximum atomic E-state index is 11.7. The van der Waals surface area contributed by atoms with Crippen molar-refractivity contribution >= 4 is 23.1 Å². The van der Waals surface area contributed by atoms with Crippen LogP contribution in [0.4, 0.5) is 0 Å². The number of nitrogens with one attached hydrogen (secondary N) is 1. The lowest BCUT2D eigenvalue weighted by Gasteiger charge is -2.13. The zero-order chi connectivity index (χ0) is 13.7. The maximum Gasteiger partial charge on any atom is 0.258 e. The average Bonchev–Trinajstić information content (AvgIpc) is 2.89. The number of hydrogen-bond acceptors (Lipinski definition) is 4. The fraction of sp³-hybridized carbons (Fsp3) is 0.385. The summed E-state index contributed by atoms with van der Waals surface area (Å²) >= 11 is 4.93. The van der Waals surface area contributed by atoms with E-state index < -0.39 is 0 Å². The highest BCUT2D eigenvalue weighted by Crippen LogP contribution is 2.17. The Morgan fingerprint density at radius 3 is 3.00 bits per heavy atom. The highest BCUT2D eigenvalue weighted by Gasteiger charge is 2.18. The third-order valence-electron chi connectivity index (χ3n) is 2.81. The molecule has 0 radical (unpaired) electrons. The summed E-state index contributed by atoms with van der Waals surface area (Å²) in [6.45, 7) is 1.20. The standard InChI is InChI=1S/C13H16N2O3S/c14-13(19)10-3-1-2-4-11(10)18-8-12(16)15-9-5-6-17-7-9/h1-4,9H,5-8H2,(H2,14,19)(H,15,16). The van der Waals surface area contributed by atoms with Crippen molar-refractivity contribution in [3.8, 4) is 5.75 Å². The number of nitrogens with two attached hydrogens (primary N) is 1. The fourth-order valence-corrected chi connectivity index (χ4v) is 2.03. The van der Waals surface area contributed by atoms with E-state index in [4.69, 9.17) is 27.4 Å². The third-order valence-corrected chi connectivity index (χ3v) is 3.03. The van der Waals surface area contributed by atoms with Gasteiger partial charge in [0.05, 0.1) is 18.2 Å². The van der Waals surface area contributed by atoms with Crippen molar-refractivity contribution in [1.29, 1.82) is 0 Å². The predicted octanol–water partition coefficient (Wildman–Crippen LogP) is 0.605. The first-order valence-corrected chi connectivity index (χ1v) is 6.46. The van der Waals surface area contributed by atoms with Crippen molar-refractivity contribution in [3.05, 3.63) is 29.8 Å². The van der Waals surface area contributed by atoms with Gasteiger partial charge in [-0.25, -0.2) is 0 Å². The molecule has 1 aliphatic rings. The third kappa shape index (κ3) is 3.90. The second-order valence-electron chi connectivity index (χ2n) is 4.28. The molecule has 1 unspecified atom stereocenters. The number of carbonyl (C=O) groups excluding carboxylic acids is 1. The minimum Gasteiger partial charge on any atom is -0.483 e. The van der Waals surface area contributed by atoms with Gasteiger partial charge in [0.2, 0.25) is 0 Å². The number of thiocarbonyl (C=S) groups is 1. The number of rotatable bonds is 5. The molecule has 1 amide bonds. The van der Waals surface area contributed by atoms with Gasteiger partial charge < -0.3 is 20.5 Å². The normalized spacial score (nSPS) is 18.0. The van der Waals surface area contributed by atoms with Crippen LogP contribution in [0, 0.1) is 0 Å². The second-order valence-corrected chi connectivity index (χ2v) is 4.72. The largest absolute Gasteiger partial charge is 0.483 e. The van der Waals surface area contributed by atoms with Crippen LogP contribution in [-0.4, -0.2) is 36.8 Å². The Kier molecular flexibility index (Phi) is 4.70. The minimum absolute atomic E-state index is 0.0594. The quantitative estimate of drug-likeness (QED) is 0.773. The number of carbonyl (C=O) groups is 1. The van der Waals surface area contributed by atoms with Crippen LogP contribution < -0.4 is 15.8 Å². The summed E-state index contributed by atoms with van der Waals surface area (Å²) in [5, 5.41) is 2.84. The molecule has 0 spiro atoms. The Bertz CT molecular complexity index is 473. The summed E-state index contributed by atoms with van der Waals surface area (Å²) in [6.07, 6.45) is 0.842. The second kappa shape index (κ2) is 6.49. The zero-order valence-electron chi connectivity index (χ0n) is 10.4. The number of ether oxygens (including phenoxy) is 2. The highest BCUT2D eigenvalue weighted by atomic mass is 32.1. The molecule has 0 aromatic heterocycles. The number of para-hydroxylation sites is 1. The van der Waals surface area contributed by atoms with Gasteiger partial charge in [0.1, 0.15) is 10.7 Å². The first-order chi connectivity index (χ1) is 9.16. The number of hydrogen-bond donors (Lipinski definition) is 2. The molecule has 1 aromatic rings. The molecule has 0 saturated carbocycles. The monoisotopic (exact) mass is 280 g/mol. The molecule has 0 bridgehead atoms. The van der Waals surface area contributed by atoms with E-state index in [1.807, 2.05) is 6.07 Å². The van der Waals surface area contributed by atoms with Gasteiger partial charge in [0.15, 0.2) is 6.61 Å². The summed E-state index contributed by atoms with van der Waals surface area (Å²) in [4.78, 5) is 11.9. The van der Waals surface area contributed by atoms with Gasteiger partial charge in [-0.1, -0.05) is 24.4 Å². The predicted molar refractivity (Wildman–Crippen MR) is 75.2 cm³/mol. The molecule has 1 aliphatic heterocycles. The van der Waals surface area contributed by atoms with Crippen molar-refractivity contribution in [2.45, 2.75) is 12.5 Å². The summed E-state index contributed by atoms with van der Waals surface area (Å²) in [5.74, 6) is 0.348. The molecule has 1 heterocycles. The average molecular weight is 280 g/mol. The molecule has 0 aliphatic carbocycles. The Hall–Kier alpha value is -1.66. The molecule has 2 rings (SSSR count). The van der Waals surface area contributed by atoms with Crippen LogP contribution in [0.15, 0.2) is 24.3 Å². The fourth-order valence-electron chi connectivity index (χ4n) is 1.86. The van der Waals surface area contributed by atoms with Gasteiger partial charge in [-0.05, 0) is 18.6 Å². The van der Waals surface area contributed by atoms with Crippen LogP contribution in [0.25, 0.3) is 0 Å². The van der Waals surface area contributed by atoms with E-state index >= 15 is 0 Å². The molecule has 1 fully saturated rings. The summed E-state index contributed by atoms with van der Waals surface area (Å²) in [7, 11) is 0. The zero-order valence-corrected chi connectivity index (χ0v) is 11.2. The van der Waals surface area contributed by atoms with E-state index in [0.29, 0.717) is 24.5 Å². The molecule has 3 N–H and O–H groups in total. The van der Waals surface area contributed by atoms with Crippen LogP contribution in [0.1, 0.15) is 12.0 Å². The van der Waals surface area contributed by atoms with E-state index in [2.05, 4.69) is 5.32 Å². The van der Waals surface area contributed by atoms with Crippen molar-refractivity contribution in [2.75, 3.05) is 19.8 Å². The lowest BCUT2D eigenvalue weighted by Crippen LogP contribution is -2.38. The van der Waals surface area contributed by atoms with Crippen molar-refractivity contribution < 1.29 is 14.3 Å². The van der Waals surface area contributed by atoms with Crippen LogP contribution >= 0.6 is 12.2 Å². The Labute approximate surface area is 117 Å². The Balaban J connectivity index is 1.87. The molecule has 1 aromatic carbocycles. The number of amides is 1. The lowest BCUT2D eigenvalue weighted by atomic mass is 10.2. The van der Waals surface area contributed by atoms with Crippen molar-refractivity contribution in [1.82, 2.24) is 5.32 Å². The first kappa shape index (κ1) is 13.8. The molecule has 1 saturated heterocycles. The van der Waals surface area contributed by atoms with Crippen LogP contribution in [0.2, 0.25) is 0 Å². The molecular formula is C13H16N2O3S. The smallest absolute Gasteiger partial charge is 0.258 e. The highest BCUT2D eigenvalue weighted by molar-refractivity contribution is 7.80. The Morgan fingerprint density at radius 1 is 1.53 bits per heavy atom. The summed E-state index contributed by atoms with van der Waals surface area (Å²) in [6, 6.07) is 7.21. The molecule has 19 heavy (non-hydrogen) atoms. The van der Waals surface area contributed by atoms with Crippen LogP contribution in [0.3, 0.4) is 0 Å². The van der Waals surface area contributed by atoms with E-state index in [1.54, 1.807) is 18.2 Å². The van der Waals surface area contributed by atoms with Gasteiger partial charge >= 0.3 is 0 Å². The summed E-state index contributed by atoms with van der Waals surface area (Å²) < 4.78 is 10.6. The molecule has 5 nitrogen and oxygen atoms in total. The van der Waals surface area contributed by atoms with E-state index in [0.717, 1.165) is 6.42 Å². The van der Waals surface area contributed by atoms with E-state index in [9.17, 15) is 4.79 Å². The molecule has 102 valence electrons. The van der Waals surface area contributed by atoms with Gasteiger partial charge in [-0.3, -0.25) is 4.79 Å². The van der Waals surface area contributed by atoms with Gasteiger partial charge in [0.25, 0.3) is 5.91 Å². The molecule has 6 heteroatoms. The number of benzene rings is 1. The maximum absolute atomic E-state index is 11.7. The topological polar surface area (TPSA) is 73.6 Å². The van der Waals surface area contributed by atoms with Crippen LogP contribution in [0.5, 0.6) is 5.75 Å². The molecular weight excluding hydrogens is 264 g/mol. The van der Waals surface area contributed by atoms with Crippen molar-refractivity contribution in [3.63, 3.8) is 0 Å². The SMILES string of the molecule is NC(=S)c1ccccc1OCC(=O)NC1CCOC1. The first-order valence-electron chi connectivity index (χ1n) is 6.05. The van der Waals surface area contributed by atoms with Crippen molar-refractivity contribution in [2.24, 2.45) is 5.73 Å². The van der Waals surface area contributed by atoms with E-state index in [-0.39, 0.29) is 23.5 Å². The Morgan fingerprint density at radius 2 is 2.32 bits per heavy atom. The lowest BCUT2D eigenvalue weighted by molar-refractivity contribution is -0.123. The van der Waals surface area contributed by atoms with Gasteiger partial charge in [-0.15, -0.1) is 0 Å². The molecule has 1 atom stereocenters. The van der Waals surface area contributed by atoms with Gasteiger partial charge in [0, 0.05) is 6.61 Å². The summed E-state index contributed by atoms with van der Waals surface area (Å²) in [5.41, 5.74) is 6.22.